The topological polar surface area (TPSA) is 79.5 Å². The van der Waals surface area contributed by atoms with E-state index in [1.54, 1.807) is 11.9 Å². The Hall–Kier alpha value is -1.83. The van der Waals surface area contributed by atoms with Crippen molar-refractivity contribution in [2.75, 3.05) is 40.0 Å². The van der Waals surface area contributed by atoms with Crippen LogP contribution in [0.5, 0.6) is 0 Å². The van der Waals surface area contributed by atoms with E-state index in [2.05, 4.69) is 15.3 Å². The quantitative estimate of drug-likeness (QED) is 0.768. The van der Waals surface area contributed by atoms with Gasteiger partial charge in [-0.1, -0.05) is 11.6 Å². The highest BCUT2D eigenvalue weighted by molar-refractivity contribution is 6.31. The number of aromatic nitrogens is 2. The van der Waals surface area contributed by atoms with Crippen molar-refractivity contribution in [2.24, 2.45) is 0 Å². The van der Waals surface area contributed by atoms with E-state index in [-0.39, 0.29) is 12.1 Å². The number of halogens is 1. The maximum Gasteiger partial charge on any atom is 0.317 e. The summed E-state index contributed by atoms with van der Waals surface area (Å²) >= 11 is 5.97. The lowest BCUT2D eigenvalue weighted by Crippen LogP contribution is -2.45. The van der Waals surface area contributed by atoms with Crippen LogP contribution in [-0.4, -0.2) is 67.0 Å². The molecule has 2 heterocycles. The van der Waals surface area contributed by atoms with Gasteiger partial charge >= 0.3 is 6.03 Å². The zero-order valence-corrected chi connectivity index (χ0v) is 15.0. The Morgan fingerprint density at radius 2 is 2.36 bits per heavy atom. The second-order valence-electron chi connectivity index (χ2n) is 6.13. The van der Waals surface area contributed by atoms with Crippen molar-refractivity contribution >= 4 is 28.7 Å². The molecule has 8 heteroatoms. The highest BCUT2D eigenvalue weighted by atomic mass is 35.5. The minimum Gasteiger partial charge on any atom is -0.376 e. The number of ether oxygens (including phenoxy) is 2. The minimum absolute atomic E-state index is 0.0492. The summed E-state index contributed by atoms with van der Waals surface area (Å²) in [6.07, 6.45) is 1.51. The Morgan fingerprint density at radius 3 is 3.16 bits per heavy atom. The van der Waals surface area contributed by atoms with Gasteiger partial charge in [0, 0.05) is 25.0 Å². The van der Waals surface area contributed by atoms with Crippen molar-refractivity contribution < 1.29 is 14.3 Å². The number of urea groups is 1. The fourth-order valence-corrected chi connectivity index (χ4v) is 2.94. The molecule has 1 aliphatic heterocycles. The lowest BCUT2D eigenvalue weighted by Gasteiger charge is -2.27. The number of amides is 2. The monoisotopic (exact) mass is 366 g/mol. The van der Waals surface area contributed by atoms with E-state index < -0.39 is 0 Å². The first-order valence-corrected chi connectivity index (χ1v) is 8.82. The highest BCUT2D eigenvalue weighted by Crippen LogP contribution is 2.17. The van der Waals surface area contributed by atoms with Crippen molar-refractivity contribution in [3.8, 4) is 0 Å². The number of nitrogens with one attached hydrogen (secondary N) is 2. The molecule has 1 aromatic heterocycles. The number of carbonyl (C=O) groups excluding carboxylic acids is 1. The summed E-state index contributed by atoms with van der Waals surface area (Å²) in [6.45, 7) is 2.86. The number of benzene rings is 1. The predicted octanol–water partition coefficient (Wildman–Crippen LogP) is 2.21. The summed E-state index contributed by atoms with van der Waals surface area (Å²) < 4.78 is 10.9. The van der Waals surface area contributed by atoms with E-state index in [0.717, 1.165) is 29.7 Å². The maximum absolute atomic E-state index is 12.1. The normalized spacial score (nSPS) is 17.6. The van der Waals surface area contributed by atoms with Crippen LogP contribution in [-0.2, 0) is 15.9 Å². The summed E-state index contributed by atoms with van der Waals surface area (Å²) in [5, 5.41) is 3.60. The maximum atomic E-state index is 12.1. The van der Waals surface area contributed by atoms with Gasteiger partial charge in [-0.2, -0.15) is 0 Å². The van der Waals surface area contributed by atoms with Gasteiger partial charge in [0.1, 0.15) is 5.82 Å². The molecule has 136 valence electrons. The molecule has 0 spiro atoms. The Morgan fingerprint density at radius 1 is 1.48 bits per heavy atom. The zero-order valence-electron chi connectivity index (χ0n) is 14.3. The lowest BCUT2D eigenvalue weighted by molar-refractivity contribution is -0.0928. The van der Waals surface area contributed by atoms with E-state index in [1.807, 2.05) is 18.2 Å². The largest absolute Gasteiger partial charge is 0.376 e. The summed E-state index contributed by atoms with van der Waals surface area (Å²) in [4.78, 5) is 21.5. The molecule has 1 saturated heterocycles. The van der Waals surface area contributed by atoms with Gasteiger partial charge in [-0.05, 0) is 24.6 Å². The lowest BCUT2D eigenvalue weighted by atomic mass is 10.3. The fourth-order valence-electron chi connectivity index (χ4n) is 2.77. The van der Waals surface area contributed by atoms with Crippen molar-refractivity contribution in [1.82, 2.24) is 20.2 Å². The van der Waals surface area contributed by atoms with Crippen LogP contribution in [0, 0.1) is 0 Å². The molecular formula is C17H23ClN4O3. The zero-order chi connectivity index (χ0) is 17.6. The molecule has 1 aliphatic rings. The molecule has 0 aliphatic carbocycles. The summed E-state index contributed by atoms with van der Waals surface area (Å²) in [6, 6.07) is 5.48. The molecule has 2 amide bonds. The molecule has 1 fully saturated rings. The van der Waals surface area contributed by atoms with Gasteiger partial charge in [-0.25, -0.2) is 9.78 Å². The van der Waals surface area contributed by atoms with Crippen LogP contribution >= 0.6 is 11.6 Å². The molecular weight excluding hydrogens is 344 g/mol. The molecule has 7 nitrogen and oxygen atoms in total. The molecule has 25 heavy (non-hydrogen) atoms. The minimum atomic E-state index is -0.106. The van der Waals surface area contributed by atoms with Crippen LogP contribution in [0.25, 0.3) is 11.0 Å². The second kappa shape index (κ2) is 8.51. The van der Waals surface area contributed by atoms with Crippen molar-refractivity contribution in [3.63, 3.8) is 0 Å². The number of aryl methyl sites for hydroxylation is 1. The fraction of sp³-hybridized carbons (Fsp3) is 0.529. The van der Waals surface area contributed by atoms with Gasteiger partial charge in [-0.3, -0.25) is 0 Å². The standard InChI is InChI=1S/C17H23ClN4O3/c1-22(10-13-11-24-7-8-25-13)17(23)19-6-2-3-16-20-14-5-4-12(18)9-15(14)21-16/h4-5,9,13H,2-3,6-8,10-11H2,1H3,(H,19,23)(H,20,21). The first-order valence-electron chi connectivity index (χ1n) is 8.44. The number of aromatic amines is 1. The number of hydrogen-bond acceptors (Lipinski definition) is 4. The highest BCUT2D eigenvalue weighted by Gasteiger charge is 2.19. The third-order valence-corrected chi connectivity index (χ3v) is 4.30. The molecule has 2 N–H and O–H groups in total. The van der Waals surface area contributed by atoms with Gasteiger partial charge in [0.05, 0.1) is 43.5 Å². The summed E-state index contributed by atoms with van der Waals surface area (Å²) in [5.41, 5.74) is 1.83. The molecule has 3 rings (SSSR count). The van der Waals surface area contributed by atoms with Crippen LogP contribution in [0.3, 0.4) is 0 Å². The van der Waals surface area contributed by atoms with E-state index in [9.17, 15) is 4.79 Å². The first kappa shape index (κ1) is 18.0. The number of likely N-dealkylation sites (N-methyl/N-ethyl adjacent to an activating group) is 1. The van der Waals surface area contributed by atoms with E-state index in [1.165, 1.54) is 0 Å². The van der Waals surface area contributed by atoms with Gasteiger partial charge in [-0.15, -0.1) is 0 Å². The average Bonchev–Trinajstić information content (AvgIpc) is 3.01. The smallest absolute Gasteiger partial charge is 0.317 e. The number of rotatable bonds is 6. The van der Waals surface area contributed by atoms with Crippen LogP contribution in [0.2, 0.25) is 5.02 Å². The average molecular weight is 367 g/mol. The van der Waals surface area contributed by atoms with E-state index >= 15 is 0 Å². The molecule has 0 bridgehead atoms. The molecule has 2 aromatic rings. The Bertz CT molecular complexity index is 715. The first-order chi connectivity index (χ1) is 12.1. The molecule has 1 aromatic carbocycles. The molecule has 1 unspecified atom stereocenters. The van der Waals surface area contributed by atoms with Crippen molar-refractivity contribution in [2.45, 2.75) is 18.9 Å². The molecule has 0 saturated carbocycles. The third kappa shape index (κ3) is 5.07. The Kier molecular flexibility index (Phi) is 6.12. The van der Waals surface area contributed by atoms with E-state index in [4.69, 9.17) is 21.1 Å². The number of hydrogen-bond donors (Lipinski definition) is 2. The number of fused-ring (bicyclic) bond motifs is 1. The summed E-state index contributed by atoms with van der Waals surface area (Å²) in [5.74, 6) is 0.896. The number of carbonyl (C=O) groups is 1. The molecule has 0 radical (unpaired) electrons. The van der Waals surface area contributed by atoms with Gasteiger partial charge in [0.25, 0.3) is 0 Å². The second-order valence-corrected chi connectivity index (χ2v) is 6.57. The molecule has 1 atom stereocenters. The van der Waals surface area contributed by atoms with Crippen molar-refractivity contribution in [3.05, 3.63) is 29.0 Å². The number of imidazole rings is 1. The van der Waals surface area contributed by atoms with Crippen LogP contribution in [0.4, 0.5) is 4.79 Å². The van der Waals surface area contributed by atoms with Crippen LogP contribution in [0.15, 0.2) is 18.2 Å². The Labute approximate surface area is 151 Å². The van der Waals surface area contributed by atoms with Crippen LogP contribution in [0.1, 0.15) is 12.2 Å². The Balaban J connectivity index is 1.38. The van der Waals surface area contributed by atoms with Gasteiger partial charge in [0.2, 0.25) is 0 Å². The number of H-pyrrole nitrogens is 1. The van der Waals surface area contributed by atoms with Gasteiger partial charge < -0.3 is 24.7 Å². The van der Waals surface area contributed by atoms with Gasteiger partial charge in [0.15, 0.2) is 0 Å². The number of nitrogens with zero attached hydrogens (tertiary/aromatic N) is 2. The van der Waals surface area contributed by atoms with Crippen molar-refractivity contribution in [1.29, 1.82) is 0 Å². The third-order valence-electron chi connectivity index (χ3n) is 4.07. The summed E-state index contributed by atoms with van der Waals surface area (Å²) in [7, 11) is 1.76. The predicted molar refractivity (Wildman–Crippen MR) is 96.0 cm³/mol. The SMILES string of the molecule is CN(CC1COCCO1)C(=O)NCCCc1nc2ccc(Cl)cc2[nH]1. The van der Waals surface area contributed by atoms with E-state index in [0.29, 0.717) is 37.9 Å². The van der Waals surface area contributed by atoms with Crippen LogP contribution < -0.4 is 5.32 Å².